The standard InChI is InChI=1S/C18H19BrN2O4S2/c1-26-12-11-16(18(22)23)20-17(13-5-3-2-4-6-13)21-27(24,25)15-9-7-14(19)8-10-15/h2-10,16H,11-12H2,1H3,(H,20,21)(H,22,23). The summed E-state index contributed by atoms with van der Waals surface area (Å²) >= 11 is 4.77. The molecule has 0 amide bonds. The van der Waals surface area contributed by atoms with Crippen molar-refractivity contribution in [2.75, 3.05) is 12.0 Å². The van der Waals surface area contributed by atoms with Gasteiger partial charge in [-0.25, -0.2) is 13.2 Å². The molecule has 0 fully saturated rings. The van der Waals surface area contributed by atoms with Crippen molar-refractivity contribution >= 4 is 49.5 Å². The highest BCUT2D eigenvalue weighted by atomic mass is 79.9. The average Bonchev–Trinajstić information content (AvgIpc) is 2.65. The van der Waals surface area contributed by atoms with Crippen LogP contribution in [0.5, 0.6) is 0 Å². The maximum absolute atomic E-state index is 12.7. The van der Waals surface area contributed by atoms with E-state index in [4.69, 9.17) is 0 Å². The number of nitrogens with zero attached hydrogens (tertiary/aromatic N) is 1. The lowest BCUT2D eigenvalue weighted by Crippen LogP contribution is -2.34. The van der Waals surface area contributed by atoms with Crippen molar-refractivity contribution in [2.45, 2.75) is 17.4 Å². The molecule has 0 heterocycles. The molecular weight excluding hydrogens is 452 g/mol. The summed E-state index contributed by atoms with van der Waals surface area (Å²) in [5.41, 5.74) is 0.494. The second-order valence-corrected chi connectivity index (χ2v) is 9.12. The first-order valence-corrected chi connectivity index (χ1v) is 11.6. The minimum Gasteiger partial charge on any atom is -0.480 e. The Labute approximate surface area is 171 Å². The van der Waals surface area contributed by atoms with Crippen molar-refractivity contribution in [3.05, 3.63) is 64.6 Å². The number of hydrogen-bond donors (Lipinski definition) is 2. The highest BCUT2D eigenvalue weighted by Crippen LogP contribution is 2.16. The molecule has 0 spiro atoms. The molecule has 0 saturated carbocycles. The zero-order chi connectivity index (χ0) is 19.9. The van der Waals surface area contributed by atoms with Crippen molar-refractivity contribution in [3.8, 4) is 0 Å². The highest BCUT2D eigenvalue weighted by Gasteiger charge is 2.21. The van der Waals surface area contributed by atoms with Crippen molar-refractivity contribution in [1.29, 1.82) is 0 Å². The molecule has 0 bridgehead atoms. The largest absolute Gasteiger partial charge is 0.480 e. The van der Waals surface area contributed by atoms with Crippen LogP contribution in [-0.4, -0.2) is 43.4 Å². The number of carboxylic acid groups (broad SMARTS) is 1. The van der Waals surface area contributed by atoms with Crippen molar-refractivity contribution in [2.24, 2.45) is 4.99 Å². The van der Waals surface area contributed by atoms with Gasteiger partial charge in [0.05, 0.1) is 4.90 Å². The molecular formula is C18H19BrN2O4S2. The molecule has 2 rings (SSSR count). The Morgan fingerprint density at radius 2 is 1.81 bits per heavy atom. The van der Waals surface area contributed by atoms with E-state index in [0.29, 0.717) is 17.7 Å². The predicted octanol–water partition coefficient (Wildman–Crippen LogP) is 3.38. The molecule has 0 aromatic heterocycles. The van der Waals surface area contributed by atoms with Crippen LogP contribution >= 0.6 is 27.7 Å². The predicted molar refractivity (Wildman–Crippen MR) is 112 cm³/mol. The van der Waals surface area contributed by atoms with E-state index in [9.17, 15) is 18.3 Å². The summed E-state index contributed by atoms with van der Waals surface area (Å²) in [5, 5.41) is 9.44. The van der Waals surface area contributed by atoms with Crippen LogP contribution in [0.15, 0.2) is 69.0 Å². The molecule has 6 nitrogen and oxygen atoms in total. The van der Waals surface area contributed by atoms with Gasteiger partial charge in [-0.3, -0.25) is 9.71 Å². The lowest BCUT2D eigenvalue weighted by atomic mass is 10.2. The normalized spacial score (nSPS) is 13.2. The summed E-state index contributed by atoms with van der Waals surface area (Å²) < 4.78 is 28.7. The van der Waals surface area contributed by atoms with Crippen LogP contribution in [-0.2, 0) is 14.8 Å². The third-order valence-electron chi connectivity index (χ3n) is 3.57. The first-order chi connectivity index (χ1) is 12.8. The molecule has 2 aromatic rings. The Morgan fingerprint density at radius 3 is 2.37 bits per heavy atom. The lowest BCUT2D eigenvalue weighted by molar-refractivity contribution is -0.138. The number of nitrogens with one attached hydrogen (secondary N) is 1. The van der Waals surface area contributed by atoms with Gasteiger partial charge in [0, 0.05) is 10.0 Å². The number of halogens is 1. The molecule has 0 aliphatic heterocycles. The first kappa shape index (κ1) is 21.5. The second kappa shape index (κ2) is 9.91. The molecule has 2 aromatic carbocycles. The van der Waals surface area contributed by atoms with Crippen LogP contribution in [0.1, 0.15) is 12.0 Å². The van der Waals surface area contributed by atoms with E-state index in [0.717, 1.165) is 4.47 Å². The zero-order valence-electron chi connectivity index (χ0n) is 14.5. The number of thioether (sulfide) groups is 1. The Kier molecular flexibility index (Phi) is 7.88. The molecule has 9 heteroatoms. The number of sulfonamides is 1. The first-order valence-electron chi connectivity index (χ1n) is 7.97. The fourth-order valence-corrected chi connectivity index (χ4v) is 3.94. The number of benzene rings is 2. The molecule has 0 saturated heterocycles. The van der Waals surface area contributed by atoms with Gasteiger partial charge in [0.15, 0.2) is 6.04 Å². The van der Waals surface area contributed by atoms with E-state index in [1.165, 1.54) is 23.9 Å². The summed E-state index contributed by atoms with van der Waals surface area (Å²) in [6.45, 7) is 0. The fourth-order valence-electron chi connectivity index (χ4n) is 2.18. The van der Waals surface area contributed by atoms with Crippen LogP contribution in [0.4, 0.5) is 0 Å². The SMILES string of the molecule is CSCCC(N=C(NS(=O)(=O)c1ccc(Br)cc1)c1ccccc1)C(=O)O. The molecule has 1 atom stereocenters. The van der Waals surface area contributed by atoms with Crippen LogP contribution in [0.2, 0.25) is 0 Å². The highest BCUT2D eigenvalue weighted by molar-refractivity contribution is 9.10. The lowest BCUT2D eigenvalue weighted by Gasteiger charge is -2.14. The van der Waals surface area contributed by atoms with Gasteiger partial charge in [-0.05, 0) is 42.7 Å². The molecule has 144 valence electrons. The Hall–Kier alpha value is -1.84. The molecule has 1 unspecified atom stereocenters. The van der Waals surface area contributed by atoms with Crippen LogP contribution < -0.4 is 4.72 Å². The summed E-state index contributed by atoms with van der Waals surface area (Å²) in [4.78, 5) is 15.8. The summed E-state index contributed by atoms with van der Waals surface area (Å²) in [5.74, 6) is -0.491. The van der Waals surface area contributed by atoms with E-state index in [1.54, 1.807) is 42.5 Å². The molecule has 0 radical (unpaired) electrons. The maximum atomic E-state index is 12.7. The second-order valence-electron chi connectivity index (χ2n) is 5.54. The van der Waals surface area contributed by atoms with Crippen molar-refractivity contribution in [1.82, 2.24) is 4.72 Å². The van der Waals surface area contributed by atoms with Gasteiger partial charge >= 0.3 is 5.97 Å². The number of amidine groups is 1. The number of carbonyl (C=O) groups is 1. The summed E-state index contributed by atoms with van der Waals surface area (Å²) in [6, 6.07) is 13.7. The van der Waals surface area contributed by atoms with Crippen LogP contribution in [0, 0.1) is 0 Å². The number of rotatable bonds is 8. The average molecular weight is 471 g/mol. The van der Waals surface area contributed by atoms with Gasteiger partial charge in [0.25, 0.3) is 10.0 Å². The van der Waals surface area contributed by atoms with Gasteiger partial charge in [0.2, 0.25) is 0 Å². The zero-order valence-corrected chi connectivity index (χ0v) is 17.7. The van der Waals surface area contributed by atoms with Crippen molar-refractivity contribution in [3.63, 3.8) is 0 Å². The van der Waals surface area contributed by atoms with E-state index in [-0.39, 0.29) is 10.7 Å². The van der Waals surface area contributed by atoms with Gasteiger partial charge in [-0.1, -0.05) is 46.3 Å². The Morgan fingerprint density at radius 1 is 1.19 bits per heavy atom. The quantitative estimate of drug-likeness (QED) is 0.455. The van der Waals surface area contributed by atoms with E-state index in [1.807, 2.05) is 6.26 Å². The van der Waals surface area contributed by atoms with E-state index >= 15 is 0 Å². The number of hydrogen-bond acceptors (Lipinski definition) is 5. The van der Waals surface area contributed by atoms with Gasteiger partial charge in [0.1, 0.15) is 5.84 Å². The summed E-state index contributed by atoms with van der Waals surface area (Å²) in [6.07, 6.45) is 2.17. The van der Waals surface area contributed by atoms with E-state index < -0.39 is 22.0 Å². The van der Waals surface area contributed by atoms with Gasteiger partial charge < -0.3 is 5.11 Å². The number of carboxylic acids is 1. The fraction of sp³-hybridized carbons (Fsp3) is 0.222. The van der Waals surface area contributed by atoms with Crippen LogP contribution in [0.25, 0.3) is 0 Å². The minimum absolute atomic E-state index is 0.00650. The molecule has 27 heavy (non-hydrogen) atoms. The van der Waals surface area contributed by atoms with E-state index in [2.05, 4.69) is 25.6 Å². The molecule has 2 N–H and O–H groups in total. The van der Waals surface area contributed by atoms with Crippen molar-refractivity contribution < 1.29 is 18.3 Å². The smallest absolute Gasteiger partial charge is 0.328 e. The monoisotopic (exact) mass is 470 g/mol. The third-order valence-corrected chi connectivity index (χ3v) is 6.10. The minimum atomic E-state index is -3.92. The topological polar surface area (TPSA) is 95.8 Å². The number of aliphatic imine (C=N–C) groups is 1. The van der Waals surface area contributed by atoms with Gasteiger partial charge in [-0.2, -0.15) is 11.8 Å². The molecule has 0 aliphatic carbocycles. The number of aliphatic carboxylic acids is 1. The van der Waals surface area contributed by atoms with Crippen LogP contribution in [0.3, 0.4) is 0 Å². The third kappa shape index (κ3) is 6.37. The van der Waals surface area contributed by atoms with Gasteiger partial charge in [-0.15, -0.1) is 0 Å². The Bertz CT molecular complexity index is 901. The maximum Gasteiger partial charge on any atom is 0.328 e. The Balaban J connectivity index is 2.42. The summed E-state index contributed by atoms with van der Waals surface area (Å²) in [7, 11) is -3.92. The molecule has 0 aliphatic rings.